The van der Waals surface area contributed by atoms with E-state index in [1.54, 1.807) is 28.5 Å². The van der Waals surface area contributed by atoms with Crippen molar-refractivity contribution in [3.8, 4) is 21.6 Å². The lowest BCUT2D eigenvalue weighted by atomic mass is 9.85. The highest BCUT2D eigenvalue weighted by atomic mass is 32.2. The number of amides is 3. The number of alkyl halides is 1. The second-order valence-electron chi connectivity index (χ2n) is 20.4. The lowest BCUT2D eigenvalue weighted by Gasteiger charge is -2.41. The Bertz CT molecular complexity index is 3130. The van der Waals surface area contributed by atoms with Crippen molar-refractivity contribution in [2.45, 2.75) is 78.7 Å². The average molecular weight is 1080 g/mol. The number of hydrogen-bond acceptors (Lipinski definition) is 12. The van der Waals surface area contributed by atoms with Crippen molar-refractivity contribution in [1.29, 1.82) is 0 Å². The number of thiazole rings is 1. The van der Waals surface area contributed by atoms with Crippen LogP contribution in [0.4, 0.5) is 24.5 Å². The number of aryl methyl sites for hydroxylation is 1. The standard InChI is InChI=1S/C54H61F3N10O7S2/c1-33-49(75-32-61-33)37-10-8-35(9-11-37)28-60-52(70)45-7-6-19-65(45)53(71)50(54(3,4)5)66(34(2)68)74-26-25-62-21-23-63(24-22-62)40-14-12-36(13-15-40)38-27-41-42(30-59-51(41)58-29-38)48(69)46-43(56)16-17-44(47(46)57)67(76(72)73)64-20-18-39(55)31-64/h8-17,27,29-30,32,39,45,50H,6-7,18-26,28,31H2,1-5H3,(H,58,59)(H,60,70)(H,72,73)/t39-,45+,50-/m1/s1. The van der Waals surface area contributed by atoms with Crippen molar-refractivity contribution in [1.82, 2.24) is 40.1 Å². The maximum Gasteiger partial charge on any atom is 0.277 e. The molecule has 3 aliphatic rings. The second-order valence-corrected chi connectivity index (χ2v) is 22.1. The zero-order valence-electron chi connectivity index (χ0n) is 42.9. The molecule has 0 spiro atoms. The molecule has 17 nitrogen and oxygen atoms in total. The van der Waals surface area contributed by atoms with Gasteiger partial charge in [0.1, 0.15) is 35.4 Å². The van der Waals surface area contributed by atoms with Gasteiger partial charge in [-0.3, -0.25) is 33.5 Å². The number of anilines is 2. The summed E-state index contributed by atoms with van der Waals surface area (Å²) in [6, 6.07) is 17.6. The maximum atomic E-state index is 16.1. The van der Waals surface area contributed by atoms with Gasteiger partial charge in [0.05, 0.1) is 34.8 Å². The van der Waals surface area contributed by atoms with Crippen LogP contribution in [0.2, 0.25) is 0 Å². The molecule has 6 aromatic rings. The Hall–Kier alpha value is -6.56. The topological polar surface area (TPSA) is 188 Å². The maximum absolute atomic E-state index is 16.1. The Balaban J connectivity index is 0.790. The minimum atomic E-state index is -2.84. The minimum Gasteiger partial charge on any atom is -0.369 e. The molecule has 76 heavy (non-hydrogen) atoms. The number of hydrazine groups is 1. The number of nitrogens with one attached hydrogen (secondary N) is 2. The number of nitrogens with zero attached hydrogens (tertiary/aromatic N) is 8. The van der Waals surface area contributed by atoms with E-state index in [4.69, 9.17) is 4.84 Å². The van der Waals surface area contributed by atoms with Crippen LogP contribution in [0, 0.1) is 24.0 Å². The molecule has 0 bridgehead atoms. The zero-order valence-corrected chi connectivity index (χ0v) is 44.6. The summed E-state index contributed by atoms with van der Waals surface area (Å²) in [5, 5.41) is 5.68. The van der Waals surface area contributed by atoms with Gasteiger partial charge in [0, 0.05) is 93.9 Å². The average Bonchev–Trinajstić information content (AvgIpc) is 4.28. The van der Waals surface area contributed by atoms with Crippen molar-refractivity contribution in [2.24, 2.45) is 5.41 Å². The van der Waals surface area contributed by atoms with Gasteiger partial charge in [0.15, 0.2) is 5.82 Å². The molecule has 3 saturated heterocycles. The lowest BCUT2D eigenvalue weighted by molar-refractivity contribution is -0.215. The summed E-state index contributed by atoms with van der Waals surface area (Å²) in [5.74, 6) is -4.52. The number of pyridine rings is 1. The first-order valence-electron chi connectivity index (χ1n) is 25.3. The molecule has 3 aliphatic heterocycles. The third-order valence-electron chi connectivity index (χ3n) is 14.2. The quantitative estimate of drug-likeness (QED) is 0.0460. The van der Waals surface area contributed by atoms with E-state index in [1.807, 2.05) is 81.7 Å². The van der Waals surface area contributed by atoms with Gasteiger partial charge in [-0.25, -0.2) is 37.4 Å². The van der Waals surface area contributed by atoms with Crippen LogP contribution in [0.5, 0.6) is 0 Å². The lowest BCUT2D eigenvalue weighted by Crippen LogP contribution is -2.59. The Labute approximate surface area is 445 Å². The van der Waals surface area contributed by atoms with Crippen molar-refractivity contribution < 1.29 is 45.9 Å². The van der Waals surface area contributed by atoms with Crippen LogP contribution in [0.3, 0.4) is 0 Å². The third kappa shape index (κ3) is 11.6. The van der Waals surface area contributed by atoms with Crippen molar-refractivity contribution in [3.63, 3.8) is 0 Å². The highest BCUT2D eigenvalue weighted by Crippen LogP contribution is 2.35. The van der Waals surface area contributed by atoms with Crippen LogP contribution in [0.25, 0.3) is 32.6 Å². The molecule has 3 amide bonds. The van der Waals surface area contributed by atoms with E-state index in [1.165, 1.54) is 18.2 Å². The highest BCUT2D eigenvalue weighted by Gasteiger charge is 2.46. The van der Waals surface area contributed by atoms with Gasteiger partial charge in [-0.15, -0.1) is 11.3 Å². The van der Waals surface area contributed by atoms with Gasteiger partial charge >= 0.3 is 0 Å². The predicted molar refractivity (Wildman–Crippen MR) is 285 cm³/mol. The molecule has 0 aliphatic carbocycles. The fourth-order valence-corrected chi connectivity index (χ4v) is 11.7. The van der Waals surface area contributed by atoms with Gasteiger partial charge in [-0.1, -0.05) is 57.2 Å². The molecule has 9 rings (SSSR count). The Morgan fingerprint density at radius 3 is 2.32 bits per heavy atom. The number of fused-ring (bicyclic) bond motifs is 1. The van der Waals surface area contributed by atoms with Gasteiger partial charge in [0.25, 0.3) is 11.3 Å². The SMILES string of the molecule is CC(=O)N(OCCN1CCN(c2ccc(-c3cnc4[nH]cc(C(=O)c5c(F)ccc(N(N6CC[C@@H](F)C6)S(=O)O)c5F)c4c3)cc2)CC1)[C@H](C(=O)N1CCC[C@H]1C(=O)NCc1ccc(-c2scnc2C)cc1)C(C)(C)C. The predicted octanol–water partition coefficient (Wildman–Crippen LogP) is 7.70. The van der Waals surface area contributed by atoms with E-state index in [-0.39, 0.29) is 43.5 Å². The number of hydroxylamine groups is 2. The number of aromatic nitrogens is 3. The second kappa shape index (κ2) is 23.0. The zero-order chi connectivity index (χ0) is 54.0. The molecule has 402 valence electrons. The molecular formula is C54H61F3N10O7S2. The number of likely N-dealkylation sites (tertiary alicyclic amines) is 1. The molecule has 3 aromatic heterocycles. The van der Waals surface area contributed by atoms with Gasteiger partial charge in [0.2, 0.25) is 23.5 Å². The van der Waals surface area contributed by atoms with Crippen LogP contribution in [-0.2, 0) is 37.0 Å². The van der Waals surface area contributed by atoms with Crippen molar-refractivity contribution in [2.75, 3.05) is 68.3 Å². The van der Waals surface area contributed by atoms with E-state index in [0.717, 1.165) is 50.1 Å². The Kier molecular flexibility index (Phi) is 16.4. The molecule has 4 atom stereocenters. The summed E-state index contributed by atoms with van der Waals surface area (Å²) in [6.07, 6.45) is 2.85. The van der Waals surface area contributed by atoms with Crippen LogP contribution >= 0.6 is 11.3 Å². The number of benzene rings is 3. The summed E-state index contributed by atoms with van der Waals surface area (Å²) in [5.41, 5.74) is 5.22. The number of halogens is 3. The van der Waals surface area contributed by atoms with Gasteiger partial charge in [-0.05, 0) is 78.6 Å². The summed E-state index contributed by atoms with van der Waals surface area (Å²) in [6.45, 7) is 12.9. The number of hydrogen-bond donors (Lipinski definition) is 3. The minimum absolute atomic E-state index is 0.0197. The molecule has 0 radical (unpaired) electrons. The number of carbonyl (C=O) groups is 4. The fourth-order valence-electron chi connectivity index (χ4n) is 10.2. The van der Waals surface area contributed by atoms with Crippen LogP contribution < -0.4 is 14.6 Å². The van der Waals surface area contributed by atoms with E-state index in [9.17, 15) is 32.3 Å². The third-order valence-corrected chi connectivity index (χ3v) is 15.9. The first-order chi connectivity index (χ1) is 36.4. The number of H-pyrrole nitrogens is 1. The van der Waals surface area contributed by atoms with Gasteiger partial charge in [-0.2, -0.15) is 4.41 Å². The molecule has 1 unspecified atom stereocenters. The van der Waals surface area contributed by atoms with E-state index < -0.39 is 69.5 Å². The molecule has 3 fully saturated rings. The molecule has 3 aromatic carbocycles. The Morgan fingerprint density at radius 1 is 0.947 bits per heavy atom. The summed E-state index contributed by atoms with van der Waals surface area (Å²) in [7, 11) is 0. The monoisotopic (exact) mass is 1080 g/mol. The van der Waals surface area contributed by atoms with Crippen LogP contribution in [0.15, 0.2) is 84.6 Å². The molecular weight excluding hydrogens is 1020 g/mol. The number of aromatic amines is 1. The first kappa shape index (κ1) is 54.2. The van der Waals surface area contributed by atoms with E-state index >= 15 is 8.78 Å². The smallest absolute Gasteiger partial charge is 0.277 e. The molecule has 6 heterocycles. The number of carbonyl (C=O) groups excluding carboxylic acids is 4. The molecule has 22 heteroatoms. The fraction of sp³-hybridized carbons (Fsp3) is 0.407. The van der Waals surface area contributed by atoms with Crippen LogP contribution in [0.1, 0.15) is 74.1 Å². The van der Waals surface area contributed by atoms with E-state index in [2.05, 4.69) is 30.1 Å². The number of ketones is 1. The van der Waals surface area contributed by atoms with Gasteiger partial charge < -0.3 is 20.1 Å². The summed E-state index contributed by atoms with van der Waals surface area (Å²) >= 11 is -1.26. The largest absolute Gasteiger partial charge is 0.369 e. The van der Waals surface area contributed by atoms with Crippen molar-refractivity contribution >= 4 is 68.5 Å². The first-order valence-corrected chi connectivity index (χ1v) is 27.2. The van der Waals surface area contributed by atoms with Crippen molar-refractivity contribution in [3.05, 3.63) is 119 Å². The molecule has 0 saturated carbocycles. The normalized spacial score (nSPS) is 18.3. The summed E-state index contributed by atoms with van der Waals surface area (Å²) < 4.78 is 68.5. The Morgan fingerprint density at radius 2 is 1.67 bits per heavy atom. The van der Waals surface area contributed by atoms with E-state index in [0.29, 0.717) is 79.7 Å². The number of rotatable bonds is 17. The number of piperazine rings is 1. The van der Waals surface area contributed by atoms with Crippen LogP contribution in [-0.4, -0.2) is 144 Å². The molecule has 3 N–H and O–H groups in total. The summed E-state index contributed by atoms with van der Waals surface area (Å²) in [4.78, 5) is 80.3. The highest BCUT2D eigenvalue weighted by molar-refractivity contribution is 7.80.